The average molecular weight is 211 g/mol. The van der Waals surface area contributed by atoms with Crippen molar-refractivity contribution in [2.45, 2.75) is 71.8 Å². The minimum Gasteiger partial charge on any atom is -0.316 e. The molecule has 1 fully saturated rings. The smallest absolute Gasteiger partial charge is 0.0141 e. The molecule has 0 radical (unpaired) electrons. The van der Waals surface area contributed by atoms with Crippen molar-refractivity contribution in [1.82, 2.24) is 5.32 Å². The molecule has 1 rings (SSSR count). The molecule has 1 nitrogen and oxygen atoms in total. The lowest BCUT2D eigenvalue weighted by Gasteiger charge is -2.38. The highest BCUT2D eigenvalue weighted by Gasteiger charge is 2.30. The zero-order valence-electron chi connectivity index (χ0n) is 11.1. The number of hydrogen-bond acceptors (Lipinski definition) is 1. The molecule has 1 unspecified atom stereocenters. The van der Waals surface area contributed by atoms with E-state index in [4.69, 9.17) is 0 Å². The lowest BCUT2D eigenvalue weighted by molar-refractivity contribution is 0.174. The lowest BCUT2D eigenvalue weighted by atomic mass is 9.74. The summed E-state index contributed by atoms with van der Waals surface area (Å²) in [6.45, 7) is 7.10. The maximum atomic E-state index is 3.56. The van der Waals surface area contributed by atoms with Gasteiger partial charge in [-0.2, -0.15) is 0 Å². The molecule has 0 aromatic heterocycles. The zero-order valence-corrected chi connectivity index (χ0v) is 11.1. The van der Waals surface area contributed by atoms with E-state index in [1.807, 2.05) is 0 Å². The van der Waals surface area contributed by atoms with Crippen LogP contribution in [0.2, 0.25) is 0 Å². The topological polar surface area (TPSA) is 12.0 Å². The van der Waals surface area contributed by atoms with Crippen LogP contribution in [-0.2, 0) is 0 Å². The first-order valence-corrected chi connectivity index (χ1v) is 6.73. The quantitative estimate of drug-likeness (QED) is 0.728. The monoisotopic (exact) mass is 211 g/mol. The van der Waals surface area contributed by atoms with Gasteiger partial charge in [0.1, 0.15) is 0 Å². The van der Waals surface area contributed by atoms with Crippen LogP contribution in [0.25, 0.3) is 0 Å². The second-order valence-corrected chi connectivity index (χ2v) is 6.24. The van der Waals surface area contributed by atoms with Crippen LogP contribution in [0.4, 0.5) is 0 Å². The summed E-state index contributed by atoms with van der Waals surface area (Å²) in [7, 11) is 2.13. The zero-order chi connectivity index (χ0) is 11.3. The molecule has 0 saturated heterocycles. The fourth-order valence-electron chi connectivity index (χ4n) is 3.20. The van der Waals surface area contributed by atoms with Crippen molar-refractivity contribution in [3.05, 3.63) is 0 Å². The van der Waals surface area contributed by atoms with E-state index in [9.17, 15) is 0 Å². The Bertz CT molecular complexity index is 161. The molecule has 0 spiro atoms. The van der Waals surface area contributed by atoms with Crippen LogP contribution in [0.1, 0.15) is 65.7 Å². The van der Waals surface area contributed by atoms with Crippen molar-refractivity contribution in [2.24, 2.45) is 11.3 Å². The fraction of sp³-hybridized carbons (Fsp3) is 1.00. The Morgan fingerprint density at radius 2 is 1.40 bits per heavy atom. The van der Waals surface area contributed by atoms with Crippen LogP contribution in [0.3, 0.4) is 0 Å². The number of nitrogens with one attached hydrogen (secondary N) is 1. The maximum absolute atomic E-state index is 3.56. The first-order chi connectivity index (χ1) is 7.05. The molecule has 1 aliphatic rings. The second kappa shape index (κ2) is 5.89. The molecule has 1 atom stereocenters. The van der Waals surface area contributed by atoms with Crippen LogP contribution in [-0.4, -0.2) is 13.1 Å². The summed E-state index contributed by atoms with van der Waals surface area (Å²) < 4.78 is 0. The predicted molar refractivity (Wildman–Crippen MR) is 68.1 cm³/mol. The fourth-order valence-corrected chi connectivity index (χ4v) is 3.20. The van der Waals surface area contributed by atoms with Crippen molar-refractivity contribution in [3.8, 4) is 0 Å². The van der Waals surface area contributed by atoms with Gasteiger partial charge >= 0.3 is 0 Å². The third-order valence-corrected chi connectivity index (χ3v) is 3.87. The van der Waals surface area contributed by atoms with Crippen LogP contribution >= 0.6 is 0 Å². The standard InChI is InChI=1S/C14H29N/c1-14(2,3)13(15-4)12-10-8-6-5-7-9-11-12/h12-13,15H,5-11H2,1-4H3. The summed E-state index contributed by atoms with van der Waals surface area (Å²) in [4.78, 5) is 0. The van der Waals surface area contributed by atoms with E-state index in [-0.39, 0.29) is 0 Å². The van der Waals surface area contributed by atoms with Gasteiger partial charge in [0.2, 0.25) is 0 Å². The van der Waals surface area contributed by atoms with E-state index in [0.29, 0.717) is 11.5 Å². The summed E-state index contributed by atoms with van der Waals surface area (Å²) in [6.07, 6.45) is 10.1. The Kier molecular flexibility index (Phi) is 5.11. The second-order valence-electron chi connectivity index (χ2n) is 6.24. The van der Waals surface area contributed by atoms with Gasteiger partial charge < -0.3 is 5.32 Å². The molecule has 1 aliphatic carbocycles. The van der Waals surface area contributed by atoms with Crippen LogP contribution < -0.4 is 5.32 Å². The van der Waals surface area contributed by atoms with Gasteiger partial charge in [-0.3, -0.25) is 0 Å². The van der Waals surface area contributed by atoms with Crippen molar-refractivity contribution in [2.75, 3.05) is 7.05 Å². The molecule has 1 N–H and O–H groups in total. The Hall–Kier alpha value is -0.0400. The van der Waals surface area contributed by atoms with E-state index in [1.54, 1.807) is 0 Å². The van der Waals surface area contributed by atoms with Gasteiger partial charge in [0.15, 0.2) is 0 Å². The maximum Gasteiger partial charge on any atom is 0.0141 e. The van der Waals surface area contributed by atoms with Crippen molar-refractivity contribution < 1.29 is 0 Å². The molecule has 1 saturated carbocycles. The highest BCUT2D eigenvalue weighted by molar-refractivity contribution is 4.86. The SMILES string of the molecule is CNC(C1CCCCCCC1)C(C)(C)C. The van der Waals surface area contributed by atoms with E-state index in [1.165, 1.54) is 44.9 Å². The van der Waals surface area contributed by atoms with Gasteiger partial charge in [0.05, 0.1) is 0 Å². The van der Waals surface area contributed by atoms with Crippen LogP contribution in [0, 0.1) is 11.3 Å². The largest absolute Gasteiger partial charge is 0.316 e. The molecule has 1 heteroatoms. The highest BCUT2D eigenvalue weighted by Crippen LogP contribution is 2.33. The number of rotatable bonds is 2. The van der Waals surface area contributed by atoms with E-state index in [2.05, 4.69) is 33.1 Å². The van der Waals surface area contributed by atoms with E-state index in [0.717, 1.165) is 5.92 Å². The molecule has 90 valence electrons. The lowest BCUT2D eigenvalue weighted by Crippen LogP contribution is -2.44. The Balaban J connectivity index is 2.56. The molecule has 15 heavy (non-hydrogen) atoms. The van der Waals surface area contributed by atoms with E-state index < -0.39 is 0 Å². The summed E-state index contributed by atoms with van der Waals surface area (Å²) in [5.74, 6) is 0.898. The van der Waals surface area contributed by atoms with Crippen LogP contribution in [0.15, 0.2) is 0 Å². The van der Waals surface area contributed by atoms with Crippen molar-refractivity contribution in [3.63, 3.8) is 0 Å². The van der Waals surface area contributed by atoms with Crippen LogP contribution in [0.5, 0.6) is 0 Å². The summed E-state index contributed by atoms with van der Waals surface area (Å²) in [6, 6.07) is 0.690. The molecule has 0 amide bonds. The molecular weight excluding hydrogens is 182 g/mol. The summed E-state index contributed by atoms with van der Waals surface area (Å²) in [5.41, 5.74) is 0.401. The molecule has 0 aromatic carbocycles. The predicted octanol–water partition coefficient (Wildman–Crippen LogP) is 3.98. The van der Waals surface area contributed by atoms with Crippen molar-refractivity contribution >= 4 is 0 Å². The van der Waals surface area contributed by atoms with Gasteiger partial charge in [0, 0.05) is 6.04 Å². The number of hydrogen-bond donors (Lipinski definition) is 1. The minimum absolute atomic E-state index is 0.401. The summed E-state index contributed by atoms with van der Waals surface area (Å²) >= 11 is 0. The van der Waals surface area contributed by atoms with E-state index >= 15 is 0 Å². The van der Waals surface area contributed by atoms with Gasteiger partial charge in [-0.1, -0.05) is 52.9 Å². The summed E-state index contributed by atoms with van der Waals surface area (Å²) in [5, 5.41) is 3.56. The van der Waals surface area contributed by atoms with Crippen molar-refractivity contribution in [1.29, 1.82) is 0 Å². The van der Waals surface area contributed by atoms with Gasteiger partial charge in [0.25, 0.3) is 0 Å². The van der Waals surface area contributed by atoms with Gasteiger partial charge in [-0.15, -0.1) is 0 Å². The third kappa shape index (κ3) is 4.14. The molecular formula is C14H29N. The third-order valence-electron chi connectivity index (χ3n) is 3.87. The first-order valence-electron chi connectivity index (χ1n) is 6.73. The minimum atomic E-state index is 0.401. The van der Waals surface area contributed by atoms with Gasteiger partial charge in [-0.05, 0) is 31.2 Å². The molecule has 0 aromatic rings. The molecule has 0 bridgehead atoms. The highest BCUT2D eigenvalue weighted by atomic mass is 14.9. The molecule has 0 aliphatic heterocycles. The normalized spacial score (nSPS) is 23.2. The Morgan fingerprint density at radius 1 is 0.933 bits per heavy atom. The van der Waals surface area contributed by atoms with Gasteiger partial charge in [-0.25, -0.2) is 0 Å². The average Bonchev–Trinajstić information content (AvgIpc) is 2.07. The first kappa shape index (κ1) is 13.0. The Labute approximate surface area is 96.0 Å². The molecule has 0 heterocycles. The Morgan fingerprint density at radius 3 is 1.80 bits per heavy atom.